The van der Waals surface area contributed by atoms with E-state index in [0.717, 1.165) is 33.2 Å². The molecule has 9 aromatic carbocycles. The maximum absolute atomic E-state index is 9.56. The van der Waals surface area contributed by atoms with Crippen LogP contribution < -0.4 is 4.74 Å². The molecule has 0 radical (unpaired) electrons. The number of imidazole rings is 1. The van der Waals surface area contributed by atoms with Crippen LogP contribution in [0.3, 0.4) is 0 Å². The summed E-state index contributed by atoms with van der Waals surface area (Å²) in [6, 6.07) is 37.5. The van der Waals surface area contributed by atoms with Crippen LogP contribution in [0.1, 0.15) is 45.5 Å². The minimum absolute atomic E-state index is 0.0402. The molecule has 6 nitrogen and oxygen atoms in total. The summed E-state index contributed by atoms with van der Waals surface area (Å²) in [6.45, 7) is 6.47. The number of hydrogen-bond donors (Lipinski definition) is 0. The van der Waals surface area contributed by atoms with Crippen molar-refractivity contribution in [2.24, 2.45) is 0 Å². The van der Waals surface area contributed by atoms with Crippen molar-refractivity contribution in [1.29, 1.82) is 0 Å². The van der Waals surface area contributed by atoms with E-state index in [-0.39, 0.29) is 56.0 Å². The first-order valence-electron chi connectivity index (χ1n) is 29.7. The molecule has 0 unspecified atom stereocenters. The van der Waals surface area contributed by atoms with Crippen LogP contribution in [-0.2, 0) is 24.8 Å². The number of fused-ring (bicyclic) bond motifs is 7. The fraction of sp³-hybridized carbons (Fsp3) is 0.0625. The summed E-state index contributed by atoms with van der Waals surface area (Å²) < 4.78 is 142. The average molecular weight is 1110 g/mol. The van der Waals surface area contributed by atoms with Gasteiger partial charge < -0.3 is 0 Å². The molecular weight excluding hydrogens is 1050 g/mol. The molecule has 0 N–H and O–H groups in total. The molecule has 0 bridgehead atoms. The molecule has 13 aromatic rings. The zero-order chi connectivity index (χ0) is 60.0. The van der Waals surface area contributed by atoms with Gasteiger partial charge >= 0.3 is 388 Å². The van der Waals surface area contributed by atoms with E-state index in [2.05, 4.69) is 69.0 Å². The van der Waals surface area contributed by atoms with Gasteiger partial charge in [-0.15, -0.1) is 0 Å². The van der Waals surface area contributed by atoms with Crippen LogP contribution in [0, 0.1) is 15.9 Å². The van der Waals surface area contributed by atoms with Gasteiger partial charge in [0.05, 0.1) is 0 Å². The van der Waals surface area contributed by atoms with E-state index in [0.29, 0.717) is 42.9 Å². The van der Waals surface area contributed by atoms with Crippen LogP contribution in [0.2, 0.25) is 0 Å². The normalized spacial score (nSPS) is 14.7. The Labute approximate surface area is 442 Å². The number of aromatic nitrogens is 5. The second-order valence-corrected chi connectivity index (χ2v) is 19.0. The first-order chi connectivity index (χ1) is 40.6. The van der Waals surface area contributed by atoms with Gasteiger partial charge in [0, 0.05) is 6.20 Å². The molecule has 0 saturated carbocycles. The fourth-order valence-electron chi connectivity index (χ4n) is 9.55. The molecule has 0 amide bonds. The van der Waals surface area contributed by atoms with Crippen molar-refractivity contribution in [1.82, 2.24) is 23.3 Å². The molecule has 0 aliphatic carbocycles. The molecule has 0 fully saturated rings. The standard InChI is InChI=1S/C64H45N5O.Pt/c1-64(2,3)45-35-36-65-62(37-45)69-58-30-15-12-27-52(58)53-34-33-49(41-61(53)69)70-48-24-18-23-46(38-48)66-42-67(60-32-17-16-31-59(60)66)63-54(43-19-6-4-7-20-43)39-47(40-55(63)44-21-8-5-9-22-44)68-56-28-13-10-25-50(56)51-26-11-14-29-57(51)68;/h4-37,39-40H,1-3H3;/q-2;/i4D,5D,6D,7D,8D,9D,10D,13D,19D,20D,21D,22D,25D,28D;. The summed E-state index contributed by atoms with van der Waals surface area (Å²) in [5.74, 6) is 1.44. The van der Waals surface area contributed by atoms with Gasteiger partial charge in [-0.2, -0.15) is 0 Å². The minimum atomic E-state index is -0.667. The van der Waals surface area contributed by atoms with Gasteiger partial charge in [0.2, 0.25) is 0 Å². The number of rotatable bonds is 8. The SMILES string of the molecule is [2H]c1c([2H])c([2H])c(-c2cc(-n3c4ccccc4c4c([2H])c([2H])c([2H])c([2H])c43)cc(-c3c([2H])c([2H])c([2H])c([2H])c3[2H])c2-n2[c](=[Pt])n(-c3[c-]c(Oc4[c-]c5c(cc4)c4ccccc4n5-c4cc(C(C)(C)C)ccn4)ccc3)c3ccccc32)c([2H])c1[2H]. The van der Waals surface area contributed by atoms with E-state index in [1.165, 1.54) is 0 Å². The molecule has 0 saturated heterocycles. The molecular formula is C64H45N5OPt-2. The van der Waals surface area contributed by atoms with Crippen molar-refractivity contribution in [2.75, 3.05) is 0 Å². The van der Waals surface area contributed by atoms with E-state index in [1.54, 1.807) is 69.8 Å². The van der Waals surface area contributed by atoms with Crippen molar-refractivity contribution < 1.29 is 43.3 Å². The number of nitrogens with zero attached hydrogens (tertiary/aromatic N) is 5. The Kier molecular flexibility index (Phi) is 7.25. The molecule has 0 atom stereocenters. The van der Waals surface area contributed by atoms with Crippen LogP contribution >= 0.6 is 0 Å². The summed E-state index contributed by atoms with van der Waals surface area (Å²) in [6.07, 6.45) is 1.82. The molecule has 71 heavy (non-hydrogen) atoms. The zero-order valence-electron chi connectivity index (χ0n) is 52.2. The van der Waals surface area contributed by atoms with Gasteiger partial charge in [-0.1, -0.05) is 32.9 Å². The van der Waals surface area contributed by atoms with Gasteiger partial charge in [0.1, 0.15) is 0 Å². The second-order valence-electron chi connectivity index (χ2n) is 18.0. The fourth-order valence-corrected chi connectivity index (χ4v) is 10.6. The van der Waals surface area contributed by atoms with Crippen LogP contribution in [0.4, 0.5) is 0 Å². The summed E-state index contributed by atoms with van der Waals surface area (Å²) in [7, 11) is 0. The number of hydrogen-bond acceptors (Lipinski definition) is 2. The molecule has 344 valence electrons. The Morgan fingerprint density at radius 3 is 1.79 bits per heavy atom. The van der Waals surface area contributed by atoms with Gasteiger partial charge in [-0.05, 0) is 17.0 Å². The second kappa shape index (κ2) is 17.0. The van der Waals surface area contributed by atoms with E-state index < -0.39 is 78.6 Å². The first-order valence-corrected chi connectivity index (χ1v) is 23.9. The van der Waals surface area contributed by atoms with Crippen LogP contribution in [0.5, 0.6) is 11.5 Å². The quantitative estimate of drug-likeness (QED) is 0.142. The third-order valence-corrected chi connectivity index (χ3v) is 13.8. The summed E-state index contributed by atoms with van der Waals surface area (Å²) in [5, 5.41) is 2.58. The average Bonchev–Trinajstić information content (AvgIpc) is 1.81. The summed E-state index contributed by atoms with van der Waals surface area (Å²) >= 11 is 2.11. The van der Waals surface area contributed by atoms with E-state index in [4.69, 9.17) is 22.1 Å². The number of pyridine rings is 1. The van der Waals surface area contributed by atoms with Gasteiger partial charge in [-0.3, -0.25) is 0 Å². The molecule has 7 heteroatoms. The topological polar surface area (TPSA) is 41.8 Å². The van der Waals surface area contributed by atoms with E-state index in [1.807, 2.05) is 65.4 Å². The Hall–Kier alpha value is -8.31. The molecule has 0 aliphatic heterocycles. The molecule has 0 spiro atoms. The number of ether oxygens (including phenoxy) is 1. The van der Waals surface area contributed by atoms with Crippen LogP contribution in [0.15, 0.2) is 218 Å². The zero-order valence-corrected chi connectivity index (χ0v) is 40.4. The predicted molar refractivity (Wildman–Crippen MR) is 286 cm³/mol. The first kappa shape index (κ1) is 30.3. The molecule has 0 aliphatic rings. The summed E-state index contributed by atoms with van der Waals surface area (Å²) in [5.41, 5.74) is 4.12. The number of benzene rings is 9. The van der Waals surface area contributed by atoms with Crippen molar-refractivity contribution in [3.05, 3.63) is 240 Å². The molecule has 4 aromatic heterocycles. The molecule has 13 rings (SSSR count). The third kappa shape index (κ3) is 7.20. The maximum atomic E-state index is 9.56. The van der Waals surface area contributed by atoms with Crippen molar-refractivity contribution in [2.45, 2.75) is 26.2 Å². The number of para-hydroxylation sites is 5. The predicted octanol–water partition coefficient (Wildman–Crippen LogP) is 16.1. The van der Waals surface area contributed by atoms with E-state index >= 15 is 0 Å². The van der Waals surface area contributed by atoms with Crippen molar-refractivity contribution in [3.63, 3.8) is 0 Å². The third-order valence-electron chi connectivity index (χ3n) is 12.7. The Bertz CT molecular complexity index is 4990. The van der Waals surface area contributed by atoms with E-state index in [9.17, 15) is 6.85 Å². The Morgan fingerprint density at radius 2 is 1.10 bits per heavy atom. The Morgan fingerprint density at radius 1 is 0.507 bits per heavy atom. The van der Waals surface area contributed by atoms with Crippen molar-refractivity contribution in [3.8, 4) is 56.6 Å². The molecule has 4 heterocycles. The van der Waals surface area contributed by atoms with Gasteiger partial charge in [-0.25, -0.2) is 0 Å². The van der Waals surface area contributed by atoms with Gasteiger partial charge in [0.15, 0.2) is 0 Å². The summed E-state index contributed by atoms with van der Waals surface area (Å²) in [4.78, 5) is 4.82. The van der Waals surface area contributed by atoms with Gasteiger partial charge in [0.25, 0.3) is 0 Å². The Balaban J connectivity index is 1.09. The monoisotopic (exact) mass is 1110 g/mol. The van der Waals surface area contributed by atoms with Crippen LogP contribution in [-0.4, -0.2) is 23.3 Å². The van der Waals surface area contributed by atoms with Crippen molar-refractivity contribution >= 4 is 54.6 Å². The van der Waals surface area contributed by atoms with Crippen LogP contribution in [0.25, 0.3) is 99.8 Å².